The third-order valence-corrected chi connectivity index (χ3v) is 13.8. The maximum Gasteiger partial charge on any atom is 0.350 e. The van der Waals surface area contributed by atoms with Crippen molar-refractivity contribution in [1.82, 2.24) is 5.32 Å². The molecule has 3 aliphatic carbocycles. The molecule has 16 heteroatoms. The molecule has 3 aromatic rings. The summed E-state index contributed by atoms with van der Waals surface area (Å²) in [6.45, 7) is 8.99. The molecule has 65 heavy (non-hydrogen) atoms. The molecule has 4 aliphatic rings. The van der Waals surface area contributed by atoms with E-state index < -0.39 is 119 Å². The van der Waals surface area contributed by atoms with Crippen molar-refractivity contribution in [3.8, 4) is 0 Å². The van der Waals surface area contributed by atoms with Crippen LogP contribution in [0.5, 0.6) is 0 Å². The number of rotatable bonds is 11. The van der Waals surface area contributed by atoms with Crippen molar-refractivity contribution in [3.63, 3.8) is 0 Å². The Labute approximate surface area is 375 Å². The Hall–Kier alpha value is -6.23. The Bertz CT molecular complexity index is 2400. The Morgan fingerprint density at radius 3 is 1.91 bits per heavy atom. The minimum absolute atomic E-state index is 0.0218. The van der Waals surface area contributed by atoms with Crippen LogP contribution in [0.4, 0.5) is 0 Å². The highest BCUT2D eigenvalue weighted by Crippen LogP contribution is 2.64. The van der Waals surface area contributed by atoms with Gasteiger partial charge in [0.1, 0.15) is 30.0 Å². The Balaban J connectivity index is 1.42. The van der Waals surface area contributed by atoms with Gasteiger partial charge in [-0.25, -0.2) is 9.59 Å². The monoisotopic (exact) mass is 895 g/mol. The van der Waals surface area contributed by atoms with Crippen LogP contribution < -0.4 is 5.32 Å². The van der Waals surface area contributed by atoms with Crippen molar-refractivity contribution in [2.75, 3.05) is 6.61 Å². The van der Waals surface area contributed by atoms with E-state index in [4.69, 9.17) is 28.4 Å². The first kappa shape index (κ1) is 46.8. The van der Waals surface area contributed by atoms with E-state index in [0.29, 0.717) is 5.56 Å². The van der Waals surface area contributed by atoms with Crippen LogP contribution in [0.3, 0.4) is 0 Å². The first-order valence-corrected chi connectivity index (χ1v) is 21.4. The highest BCUT2D eigenvalue weighted by Gasteiger charge is 2.78. The molecule has 0 aromatic heterocycles. The minimum Gasteiger partial charge on any atom is -0.455 e. The summed E-state index contributed by atoms with van der Waals surface area (Å²) in [5, 5.41) is 28.7. The summed E-state index contributed by atoms with van der Waals surface area (Å²) in [5.41, 5.74) is -7.20. The lowest BCUT2D eigenvalue weighted by atomic mass is 9.44. The van der Waals surface area contributed by atoms with E-state index in [9.17, 15) is 39.0 Å². The van der Waals surface area contributed by atoms with Gasteiger partial charge in [0.2, 0.25) is 6.10 Å². The Morgan fingerprint density at radius 2 is 1.37 bits per heavy atom. The molecule has 0 radical (unpaired) electrons. The lowest BCUT2D eigenvalue weighted by molar-refractivity contribution is -0.346. The predicted molar refractivity (Wildman–Crippen MR) is 227 cm³/mol. The van der Waals surface area contributed by atoms with E-state index in [0.717, 1.165) is 20.8 Å². The highest BCUT2D eigenvalue weighted by atomic mass is 16.6. The third-order valence-electron chi connectivity index (χ3n) is 13.8. The van der Waals surface area contributed by atoms with Gasteiger partial charge in [0, 0.05) is 44.6 Å². The second-order valence-corrected chi connectivity index (χ2v) is 17.9. The van der Waals surface area contributed by atoms with Crippen LogP contribution in [0.25, 0.3) is 0 Å². The van der Waals surface area contributed by atoms with Gasteiger partial charge < -0.3 is 44.0 Å². The van der Waals surface area contributed by atoms with Crippen molar-refractivity contribution in [1.29, 1.82) is 0 Å². The molecule has 11 atom stereocenters. The molecule has 1 aliphatic heterocycles. The van der Waals surface area contributed by atoms with Crippen LogP contribution in [0.15, 0.2) is 102 Å². The number of hydrogen-bond donors (Lipinski definition) is 3. The number of nitrogens with one attached hydrogen (secondary N) is 1. The van der Waals surface area contributed by atoms with Crippen LogP contribution in [0, 0.1) is 16.7 Å². The van der Waals surface area contributed by atoms with Crippen LogP contribution in [-0.2, 0) is 52.4 Å². The number of carbonyl (C=O) groups is 7. The normalized spacial score (nSPS) is 30.8. The van der Waals surface area contributed by atoms with Crippen molar-refractivity contribution in [2.24, 2.45) is 16.7 Å². The van der Waals surface area contributed by atoms with Crippen LogP contribution in [0.1, 0.15) is 93.6 Å². The quantitative estimate of drug-likeness (QED) is 0.139. The smallest absolute Gasteiger partial charge is 0.350 e. The summed E-state index contributed by atoms with van der Waals surface area (Å²) >= 11 is 0. The van der Waals surface area contributed by atoms with Crippen molar-refractivity contribution in [2.45, 2.75) is 115 Å². The van der Waals surface area contributed by atoms with Crippen molar-refractivity contribution in [3.05, 3.63) is 119 Å². The number of hydrogen-bond acceptors (Lipinski definition) is 15. The van der Waals surface area contributed by atoms with Gasteiger partial charge in [-0.05, 0) is 54.8 Å². The first-order chi connectivity index (χ1) is 30.7. The fraction of sp³-hybridized carbons (Fsp3) is 0.449. The number of esters is 5. The number of benzene rings is 3. The molecule has 16 nitrogen and oxygen atoms in total. The molecule has 1 unspecified atom stereocenters. The standard InChI is InChI=1S/C49H53NO15/c1-26-33(63-45(58)39(62-28(3)52)37(30-17-11-8-12-18-30)50-43(56)31-19-13-9-14-20-31)24-49(59)42(64-44(57)32-21-15-10-16-22-32)40-47(7,34(54)23-35-48(40,25-60-35)65-29(4)53)41(55)38(61-27(2)51)36(26)46(49,5)6/h8-22,33-35,37-40,42,54,59H,23-25H2,1-7H3,(H,50,56)/t33?,34-,35+,37-,38+,39+,40-,42-,47+,48-,49+/m0/s1. The van der Waals surface area contributed by atoms with Crippen molar-refractivity contribution < 1.29 is 72.2 Å². The molecule has 344 valence electrons. The summed E-state index contributed by atoms with van der Waals surface area (Å²) in [7, 11) is 0. The Kier molecular flexibility index (Phi) is 12.7. The van der Waals surface area contributed by atoms with E-state index >= 15 is 4.79 Å². The zero-order valence-corrected chi connectivity index (χ0v) is 37.1. The number of amides is 1. The lowest BCUT2D eigenvalue weighted by Gasteiger charge is -2.67. The van der Waals surface area contributed by atoms with Crippen molar-refractivity contribution >= 4 is 41.5 Å². The van der Waals surface area contributed by atoms with E-state index in [1.165, 1.54) is 26.0 Å². The molecule has 0 spiro atoms. The molecule has 3 aromatic carbocycles. The highest BCUT2D eigenvalue weighted by molar-refractivity contribution is 5.96. The summed E-state index contributed by atoms with van der Waals surface area (Å²) < 4.78 is 36.2. The van der Waals surface area contributed by atoms with E-state index in [1.54, 1.807) is 92.7 Å². The van der Waals surface area contributed by atoms with Crippen LogP contribution in [-0.4, -0.2) is 106 Å². The number of aliphatic hydroxyl groups excluding tert-OH is 1. The van der Waals surface area contributed by atoms with E-state index in [1.807, 2.05) is 0 Å². The Morgan fingerprint density at radius 1 is 0.785 bits per heavy atom. The zero-order chi connectivity index (χ0) is 47.2. The van der Waals surface area contributed by atoms with Crippen LogP contribution >= 0.6 is 0 Å². The molecule has 1 amide bonds. The molecule has 3 N–H and O–H groups in total. The van der Waals surface area contributed by atoms with Gasteiger partial charge in [-0.15, -0.1) is 0 Å². The van der Waals surface area contributed by atoms with Gasteiger partial charge in [-0.1, -0.05) is 80.6 Å². The number of ether oxygens (including phenoxy) is 6. The fourth-order valence-corrected chi connectivity index (χ4v) is 10.5. The molecule has 2 saturated carbocycles. The van der Waals surface area contributed by atoms with E-state index in [2.05, 4.69) is 5.32 Å². The molecular weight excluding hydrogens is 843 g/mol. The average molecular weight is 896 g/mol. The molecule has 7 rings (SSSR count). The fourth-order valence-electron chi connectivity index (χ4n) is 10.5. The lowest BCUT2D eigenvalue weighted by Crippen LogP contribution is -2.82. The second-order valence-electron chi connectivity index (χ2n) is 17.9. The van der Waals surface area contributed by atoms with Gasteiger partial charge in [0.15, 0.2) is 17.5 Å². The first-order valence-electron chi connectivity index (χ1n) is 21.4. The summed E-state index contributed by atoms with van der Waals surface area (Å²) in [5.74, 6) is -7.79. The molecule has 1 heterocycles. The molecule has 1 saturated heterocycles. The molecular formula is C49H53NO15. The second kappa shape index (κ2) is 17.6. The number of carbonyl (C=O) groups excluding carboxylic acids is 7. The minimum atomic E-state index is -2.43. The van der Waals surface area contributed by atoms with Gasteiger partial charge in [-0.2, -0.15) is 0 Å². The summed E-state index contributed by atoms with van der Waals surface area (Å²) in [6, 6.07) is 22.9. The van der Waals surface area contributed by atoms with Crippen LogP contribution in [0.2, 0.25) is 0 Å². The molecule has 2 bridgehead atoms. The zero-order valence-electron chi connectivity index (χ0n) is 37.1. The number of aliphatic hydroxyl groups is 2. The predicted octanol–water partition coefficient (Wildman–Crippen LogP) is 4.31. The maximum absolute atomic E-state index is 15.6. The van der Waals surface area contributed by atoms with Gasteiger partial charge in [0.05, 0.1) is 29.6 Å². The number of Topliss-reactive ketones (excluding diaryl/α,β-unsaturated/α-hetero) is 1. The number of fused-ring (bicyclic) bond motifs is 5. The largest absolute Gasteiger partial charge is 0.455 e. The van der Waals surface area contributed by atoms with Gasteiger partial charge >= 0.3 is 29.8 Å². The van der Waals surface area contributed by atoms with E-state index in [-0.39, 0.29) is 35.3 Å². The van der Waals surface area contributed by atoms with Gasteiger partial charge in [-0.3, -0.25) is 24.0 Å². The SMILES string of the molecule is CC(=O)O[C@H]1C(=O)[C@@]2(C)[C@H]([C@H](OC(=O)c3ccccc3)[C@]3(O)CC(OC(=O)[C@H](OC(C)=O)[C@@H](NC(=O)c4ccccc4)c4ccccc4)C(C)=C1C3(C)C)[C@]1(OC(C)=O)CO[C@@H]1C[C@@H]2O. The summed E-state index contributed by atoms with van der Waals surface area (Å²) in [6.07, 6.45) is -10.5. The maximum atomic E-state index is 15.6. The average Bonchev–Trinajstić information content (AvgIpc) is 3.26. The van der Waals surface area contributed by atoms with Gasteiger partial charge in [0.25, 0.3) is 5.91 Å². The topological polar surface area (TPSA) is 227 Å². The summed E-state index contributed by atoms with van der Waals surface area (Å²) in [4.78, 5) is 97.4. The number of ketones is 1. The third kappa shape index (κ3) is 8.12. The molecule has 3 fully saturated rings.